The third kappa shape index (κ3) is 4.47. The summed E-state index contributed by atoms with van der Waals surface area (Å²) in [6, 6.07) is 16.1. The summed E-state index contributed by atoms with van der Waals surface area (Å²) in [4.78, 5) is 0. The van der Waals surface area contributed by atoms with E-state index >= 15 is 0 Å². The Bertz CT molecular complexity index is 484. The maximum Gasteiger partial charge on any atom is 0.123 e. The molecule has 2 aromatic rings. The molecule has 3 heteroatoms. The van der Waals surface area contributed by atoms with Crippen LogP contribution in [0.15, 0.2) is 54.6 Å². The minimum absolute atomic E-state index is 0.212. The first-order valence-electron chi connectivity index (χ1n) is 6.44. The van der Waals surface area contributed by atoms with Gasteiger partial charge in [-0.05, 0) is 36.2 Å². The molecule has 19 heavy (non-hydrogen) atoms. The first-order chi connectivity index (χ1) is 9.25. The molecule has 0 radical (unpaired) electrons. The molecule has 0 aromatic heterocycles. The van der Waals surface area contributed by atoms with E-state index < -0.39 is 6.10 Å². The van der Waals surface area contributed by atoms with Gasteiger partial charge in [-0.1, -0.05) is 42.5 Å². The summed E-state index contributed by atoms with van der Waals surface area (Å²) in [5.74, 6) is -0.212. The van der Waals surface area contributed by atoms with Gasteiger partial charge in [0.15, 0.2) is 0 Å². The van der Waals surface area contributed by atoms with Crippen molar-refractivity contribution in [2.45, 2.75) is 12.5 Å². The van der Waals surface area contributed by atoms with Gasteiger partial charge < -0.3 is 10.4 Å². The van der Waals surface area contributed by atoms with Gasteiger partial charge in [0.25, 0.3) is 0 Å². The largest absolute Gasteiger partial charge is 0.387 e. The second-order valence-corrected chi connectivity index (χ2v) is 4.51. The fourth-order valence-electron chi connectivity index (χ4n) is 1.92. The SMILES string of the molecule is O[C@H](CNCCc1ccc(F)cc1)c1ccccc1. The Balaban J connectivity index is 1.71. The zero-order valence-corrected chi connectivity index (χ0v) is 10.7. The molecule has 0 fully saturated rings. The average Bonchev–Trinajstić information content (AvgIpc) is 2.46. The van der Waals surface area contributed by atoms with Crippen LogP contribution in [0.4, 0.5) is 4.39 Å². The summed E-state index contributed by atoms with van der Waals surface area (Å²) in [6.45, 7) is 1.28. The number of rotatable bonds is 6. The number of benzene rings is 2. The Morgan fingerprint density at radius 3 is 2.37 bits per heavy atom. The molecular formula is C16H18FNO. The van der Waals surface area contributed by atoms with Crippen molar-refractivity contribution in [1.29, 1.82) is 0 Å². The molecule has 0 saturated carbocycles. The Hall–Kier alpha value is -1.71. The van der Waals surface area contributed by atoms with E-state index in [-0.39, 0.29) is 5.82 Å². The first kappa shape index (κ1) is 13.7. The zero-order valence-electron chi connectivity index (χ0n) is 10.7. The van der Waals surface area contributed by atoms with Gasteiger partial charge in [-0.3, -0.25) is 0 Å². The van der Waals surface area contributed by atoms with Gasteiger partial charge in [0.1, 0.15) is 5.82 Å². The molecule has 0 spiro atoms. The van der Waals surface area contributed by atoms with Crippen LogP contribution >= 0.6 is 0 Å². The molecule has 2 rings (SSSR count). The van der Waals surface area contributed by atoms with E-state index in [1.165, 1.54) is 12.1 Å². The number of hydrogen-bond donors (Lipinski definition) is 2. The van der Waals surface area contributed by atoms with E-state index in [0.29, 0.717) is 6.54 Å². The maximum atomic E-state index is 12.7. The quantitative estimate of drug-likeness (QED) is 0.782. The third-order valence-electron chi connectivity index (χ3n) is 3.03. The summed E-state index contributed by atoms with van der Waals surface area (Å²) in [7, 11) is 0. The molecule has 0 aliphatic rings. The second-order valence-electron chi connectivity index (χ2n) is 4.51. The molecule has 1 atom stereocenters. The Morgan fingerprint density at radius 1 is 1.00 bits per heavy atom. The number of halogens is 1. The van der Waals surface area contributed by atoms with E-state index in [2.05, 4.69) is 5.32 Å². The van der Waals surface area contributed by atoms with Gasteiger partial charge >= 0.3 is 0 Å². The Morgan fingerprint density at radius 2 is 1.68 bits per heavy atom. The van der Waals surface area contributed by atoms with Crippen molar-refractivity contribution in [2.24, 2.45) is 0 Å². The highest BCUT2D eigenvalue weighted by molar-refractivity contribution is 5.18. The van der Waals surface area contributed by atoms with Crippen molar-refractivity contribution >= 4 is 0 Å². The van der Waals surface area contributed by atoms with E-state index in [0.717, 1.165) is 24.1 Å². The van der Waals surface area contributed by atoms with Crippen molar-refractivity contribution in [2.75, 3.05) is 13.1 Å². The van der Waals surface area contributed by atoms with Crippen LogP contribution in [0.3, 0.4) is 0 Å². The monoisotopic (exact) mass is 259 g/mol. The summed E-state index contributed by atoms with van der Waals surface area (Å²) < 4.78 is 12.7. The van der Waals surface area contributed by atoms with Crippen LogP contribution in [0, 0.1) is 5.82 Å². The standard InChI is InChI=1S/C16H18FNO/c17-15-8-6-13(7-9-15)10-11-18-12-16(19)14-4-2-1-3-5-14/h1-9,16,18-19H,10-12H2/t16-/m1/s1. The molecule has 0 aliphatic carbocycles. The van der Waals surface area contributed by atoms with Crippen molar-refractivity contribution < 1.29 is 9.50 Å². The van der Waals surface area contributed by atoms with Crippen LogP contribution in [-0.2, 0) is 6.42 Å². The maximum absolute atomic E-state index is 12.7. The first-order valence-corrected chi connectivity index (χ1v) is 6.44. The average molecular weight is 259 g/mol. The summed E-state index contributed by atoms with van der Waals surface area (Å²) in [6.07, 6.45) is 0.330. The smallest absolute Gasteiger partial charge is 0.123 e. The van der Waals surface area contributed by atoms with Crippen molar-refractivity contribution in [3.8, 4) is 0 Å². The third-order valence-corrected chi connectivity index (χ3v) is 3.03. The van der Waals surface area contributed by atoms with E-state index in [1.807, 2.05) is 30.3 Å². The van der Waals surface area contributed by atoms with Crippen LogP contribution < -0.4 is 5.32 Å². The molecule has 0 aliphatic heterocycles. The molecule has 0 amide bonds. The minimum atomic E-state index is -0.491. The molecule has 100 valence electrons. The molecule has 0 heterocycles. The van der Waals surface area contributed by atoms with Crippen LogP contribution in [0.1, 0.15) is 17.2 Å². The van der Waals surface area contributed by atoms with E-state index in [9.17, 15) is 9.50 Å². The number of nitrogens with one attached hydrogen (secondary N) is 1. The number of aliphatic hydroxyl groups is 1. The molecular weight excluding hydrogens is 241 g/mol. The lowest BCUT2D eigenvalue weighted by Gasteiger charge is -2.12. The second kappa shape index (κ2) is 7.02. The molecule has 2 aromatic carbocycles. The van der Waals surface area contributed by atoms with Gasteiger partial charge in [-0.2, -0.15) is 0 Å². The highest BCUT2D eigenvalue weighted by atomic mass is 19.1. The summed E-state index contributed by atoms with van der Waals surface area (Å²) >= 11 is 0. The van der Waals surface area contributed by atoms with E-state index in [1.54, 1.807) is 12.1 Å². The summed E-state index contributed by atoms with van der Waals surface area (Å²) in [5.41, 5.74) is 2.00. The van der Waals surface area contributed by atoms with Crippen molar-refractivity contribution in [3.05, 3.63) is 71.5 Å². The van der Waals surface area contributed by atoms with Crippen LogP contribution in [-0.4, -0.2) is 18.2 Å². The van der Waals surface area contributed by atoms with Crippen LogP contribution in [0.5, 0.6) is 0 Å². The lowest BCUT2D eigenvalue weighted by atomic mass is 10.1. The lowest BCUT2D eigenvalue weighted by molar-refractivity contribution is 0.175. The Kier molecular flexibility index (Phi) is 5.07. The fraction of sp³-hybridized carbons (Fsp3) is 0.250. The molecule has 0 saturated heterocycles. The van der Waals surface area contributed by atoms with Gasteiger partial charge in [0.2, 0.25) is 0 Å². The molecule has 2 nitrogen and oxygen atoms in total. The van der Waals surface area contributed by atoms with Gasteiger partial charge in [0, 0.05) is 6.54 Å². The van der Waals surface area contributed by atoms with Gasteiger partial charge in [-0.25, -0.2) is 4.39 Å². The fourth-order valence-corrected chi connectivity index (χ4v) is 1.92. The topological polar surface area (TPSA) is 32.3 Å². The van der Waals surface area contributed by atoms with E-state index in [4.69, 9.17) is 0 Å². The lowest BCUT2D eigenvalue weighted by Crippen LogP contribution is -2.23. The van der Waals surface area contributed by atoms with Gasteiger partial charge in [0.05, 0.1) is 6.10 Å². The predicted octanol–water partition coefficient (Wildman–Crippen LogP) is 2.69. The van der Waals surface area contributed by atoms with Crippen molar-refractivity contribution in [1.82, 2.24) is 5.32 Å². The molecule has 2 N–H and O–H groups in total. The highest BCUT2D eigenvalue weighted by Gasteiger charge is 2.05. The Labute approximate surface area is 112 Å². The minimum Gasteiger partial charge on any atom is -0.387 e. The molecule has 0 unspecified atom stereocenters. The normalized spacial score (nSPS) is 12.3. The van der Waals surface area contributed by atoms with Crippen LogP contribution in [0.25, 0.3) is 0 Å². The zero-order chi connectivity index (χ0) is 13.5. The predicted molar refractivity (Wildman–Crippen MR) is 74.4 cm³/mol. The number of hydrogen-bond acceptors (Lipinski definition) is 2. The van der Waals surface area contributed by atoms with Gasteiger partial charge in [-0.15, -0.1) is 0 Å². The highest BCUT2D eigenvalue weighted by Crippen LogP contribution is 2.10. The molecule has 0 bridgehead atoms. The summed E-state index contributed by atoms with van der Waals surface area (Å²) in [5, 5.41) is 13.1. The van der Waals surface area contributed by atoms with Crippen molar-refractivity contribution in [3.63, 3.8) is 0 Å². The van der Waals surface area contributed by atoms with Crippen LogP contribution in [0.2, 0.25) is 0 Å². The number of aliphatic hydroxyl groups excluding tert-OH is 1.